The highest BCUT2D eigenvalue weighted by Gasteiger charge is 2.36. The smallest absolute Gasteiger partial charge is 0.383 e. The van der Waals surface area contributed by atoms with Crippen molar-refractivity contribution in [2.24, 2.45) is 7.05 Å². The molecule has 0 unspecified atom stereocenters. The highest BCUT2D eigenvalue weighted by atomic mass is 19.4. The third-order valence-electron chi connectivity index (χ3n) is 5.61. The van der Waals surface area contributed by atoms with Crippen LogP contribution in [0.4, 0.5) is 19.0 Å². The molecule has 0 aliphatic carbocycles. The molecule has 8 nitrogen and oxygen atoms in total. The van der Waals surface area contributed by atoms with E-state index in [4.69, 9.17) is 5.73 Å². The molecular weight excluding hydrogens is 425 g/mol. The predicted octanol–water partition coefficient (Wildman–Crippen LogP) is 2.65. The summed E-state index contributed by atoms with van der Waals surface area (Å²) >= 11 is 0. The monoisotopic (exact) mass is 446 g/mol. The lowest BCUT2D eigenvalue weighted by atomic mass is 9.92. The Morgan fingerprint density at radius 1 is 1.22 bits per heavy atom. The summed E-state index contributed by atoms with van der Waals surface area (Å²) in [5.74, 6) is -0.809. The van der Waals surface area contributed by atoms with Gasteiger partial charge in [-0.2, -0.15) is 13.2 Å². The first-order valence-corrected chi connectivity index (χ1v) is 10.0. The van der Waals surface area contributed by atoms with E-state index in [0.717, 1.165) is 6.07 Å². The molecule has 0 spiro atoms. The highest BCUT2D eigenvalue weighted by molar-refractivity contribution is 5.94. The van der Waals surface area contributed by atoms with Crippen molar-refractivity contribution in [2.75, 3.05) is 18.8 Å². The molecule has 3 aromatic heterocycles. The van der Waals surface area contributed by atoms with Crippen molar-refractivity contribution in [2.45, 2.75) is 31.9 Å². The van der Waals surface area contributed by atoms with Crippen molar-refractivity contribution in [3.8, 4) is 0 Å². The fourth-order valence-corrected chi connectivity index (χ4v) is 3.99. The summed E-state index contributed by atoms with van der Waals surface area (Å²) in [5, 5.41) is -0.323. The molecule has 1 amide bonds. The first-order chi connectivity index (χ1) is 15.0. The zero-order valence-electron chi connectivity index (χ0n) is 17.5. The lowest BCUT2D eigenvalue weighted by Gasteiger charge is -2.33. The predicted molar refractivity (Wildman–Crippen MR) is 111 cm³/mol. The Morgan fingerprint density at radius 2 is 1.97 bits per heavy atom. The van der Waals surface area contributed by atoms with E-state index in [1.807, 2.05) is 0 Å². The van der Waals surface area contributed by atoms with Gasteiger partial charge in [-0.05, 0) is 31.9 Å². The van der Waals surface area contributed by atoms with Gasteiger partial charge >= 0.3 is 6.18 Å². The molecule has 1 fully saturated rings. The van der Waals surface area contributed by atoms with Crippen molar-refractivity contribution in [1.29, 1.82) is 0 Å². The number of rotatable bonds is 2. The number of carbonyl (C=O) groups excluding carboxylic acids is 1. The molecule has 1 aliphatic heterocycles. The van der Waals surface area contributed by atoms with Crippen LogP contribution in [0, 0.1) is 6.92 Å². The van der Waals surface area contributed by atoms with Gasteiger partial charge in [0.1, 0.15) is 11.6 Å². The SMILES string of the molecule is Cc1nc(N)c2c(C(F)(F)F)cc([C@H]3CCCN(C(=O)c4ccn(C)c(=O)c4)C3)nc2n1. The third-order valence-corrected chi connectivity index (χ3v) is 5.61. The number of piperidine rings is 1. The summed E-state index contributed by atoms with van der Waals surface area (Å²) in [6, 6.07) is 3.78. The van der Waals surface area contributed by atoms with Crippen LogP contribution in [0.15, 0.2) is 29.2 Å². The van der Waals surface area contributed by atoms with Crippen LogP contribution in [0.25, 0.3) is 11.0 Å². The number of hydrogen-bond acceptors (Lipinski definition) is 6. The third kappa shape index (κ3) is 4.02. The molecule has 1 aliphatic rings. The van der Waals surface area contributed by atoms with Gasteiger partial charge in [0, 0.05) is 49.6 Å². The lowest BCUT2D eigenvalue weighted by Crippen LogP contribution is -2.39. The second-order valence-corrected chi connectivity index (χ2v) is 7.90. The Morgan fingerprint density at radius 3 is 2.66 bits per heavy atom. The van der Waals surface area contributed by atoms with E-state index in [9.17, 15) is 22.8 Å². The van der Waals surface area contributed by atoms with Gasteiger partial charge in [-0.3, -0.25) is 9.59 Å². The Hall–Kier alpha value is -3.50. The van der Waals surface area contributed by atoms with Crippen molar-refractivity contribution in [3.63, 3.8) is 0 Å². The first-order valence-electron chi connectivity index (χ1n) is 10.0. The zero-order valence-corrected chi connectivity index (χ0v) is 17.5. The summed E-state index contributed by atoms with van der Waals surface area (Å²) in [6.45, 7) is 2.16. The minimum Gasteiger partial charge on any atom is -0.383 e. The number of nitrogens with zero attached hydrogens (tertiary/aromatic N) is 5. The number of aryl methyl sites for hydroxylation is 2. The molecule has 4 heterocycles. The van der Waals surface area contributed by atoms with Crippen LogP contribution in [0.5, 0.6) is 0 Å². The Bertz CT molecular complexity index is 1270. The number of likely N-dealkylation sites (tertiary alicyclic amines) is 1. The van der Waals surface area contributed by atoms with Crippen LogP contribution in [-0.2, 0) is 13.2 Å². The molecule has 0 aromatic carbocycles. The zero-order chi connectivity index (χ0) is 23.2. The maximum Gasteiger partial charge on any atom is 0.417 e. The number of carbonyl (C=O) groups is 1. The Labute approximate surface area is 180 Å². The molecule has 1 saturated heterocycles. The Kier molecular flexibility index (Phi) is 5.35. The molecule has 1 atom stereocenters. The van der Waals surface area contributed by atoms with Gasteiger partial charge < -0.3 is 15.2 Å². The minimum absolute atomic E-state index is 0.116. The molecule has 32 heavy (non-hydrogen) atoms. The van der Waals surface area contributed by atoms with Crippen LogP contribution in [0.3, 0.4) is 0 Å². The van der Waals surface area contributed by atoms with Crippen LogP contribution in [-0.4, -0.2) is 43.4 Å². The topological polar surface area (TPSA) is 107 Å². The summed E-state index contributed by atoms with van der Waals surface area (Å²) in [7, 11) is 1.58. The molecule has 4 rings (SSSR count). The second kappa shape index (κ2) is 7.88. The number of nitrogens with two attached hydrogens (primary N) is 1. The number of alkyl halides is 3. The highest BCUT2D eigenvalue weighted by Crippen LogP contribution is 2.38. The molecule has 0 saturated carbocycles. The minimum atomic E-state index is -4.67. The van der Waals surface area contributed by atoms with Crippen LogP contribution in [0.1, 0.15) is 46.2 Å². The number of hydrogen-bond donors (Lipinski definition) is 1. The number of fused-ring (bicyclic) bond motifs is 1. The van der Waals surface area contributed by atoms with Gasteiger partial charge in [-0.1, -0.05) is 0 Å². The largest absolute Gasteiger partial charge is 0.417 e. The molecule has 0 bridgehead atoms. The average molecular weight is 446 g/mol. The first kappa shape index (κ1) is 21.7. The molecule has 168 valence electrons. The second-order valence-electron chi connectivity index (χ2n) is 7.90. The van der Waals surface area contributed by atoms with E-state index in [-0.39, 0.29) is 51.9 Å². The van der Waals surface area contributed by atoms with Crippen LogP contribution >= 0.6 is 0 Å². The standard InChI is InChI=1S/C21H21F3N6O2/c1-11-26-18(25)17-14(21(22,23)24)9-15(28-19(17)27-11)13-4-3-6-30(10-13)20(32)12-5-7-29(2)16(31)8-12/h5,7-9,13H,3-4,6,10H2,1-2H3,(H2,25,26,27,28)/t13-/m0/s1. The maximum absolute atomic E-state index is 13.8. The van der Waals surface area contributed by atoms with Gasteiger partial charge in [0.15, 0.2) is 5.65 Å². The average Bonchev–Trinajstić information content (AvgIpc) is 2.73. The Balaban J connectivity index is 1.71. The maximum atomic E-state index is 13.8. The summed E-state index contributed by atoms with van der Waals surface area (Å²) in [5.41, 5.74) is 4.83. The van der Waals surface area contributed by atoms with E-state index in [1.54, 1.807) is 18.0 Å². The fourth-order valence-electron chi connectivity index (χ4n) is 3.99. The molecule has 11 heteroatoms. The quantitative estimate of drug-likeness (QED) is 0.649. The van der Waals surface area contributed by atoms with E-state index < -0.39 is 17.7 Å². The normalized spacial score (nSPS) is 17.0. The number of halogens is 3. The number of pyridine rings is 2. The molecule has 3 aromatic rings. The summed E-state index contributed by atoms with van der Waals surface area (Å²) in [6.07, 6.45) is -2.01. The van der Waals surface area contributed by atoms with Crippen molar-refractivity contribution < 1.29 is 18.0 Å². The summed E-state index contributed by atoms with van der Waals surface area (Å²) in [4.78, 5) is 38.6. The number of nitrogen functional groups attached to an aromatic ring is 1. The van der Waals surface area contributed by atoms with Gasteiger partial charge in [0.2, 0.25) is 0 Å². The number of anilines is 1. The number of amides is 1. The lowest BCUT2D eigenvalue weighted by molar-refractivity contribution is -0.136. The van der Waals surface area contributed by atoms with Crippen molar-refractivity contribution >= 4 is 22.8 Å². The van der Waals surface area contributed by atoms with E-state index >= 15 is 0 Å². The molecule has 0 radical (unpaired) electrons. The van der Waals surface area contributed by atoms with Gasteiger partial charge in [-0.25, -0.2) is 15.0 Å². The van der Waals surface area contributed by atoms with Crippen molar-refractivity contribution in [1.82, 2.24) is 24.4 Å². The van der Waals surface area contributed by atoms with E-state index in [1.165, 1.54) is 23.8 Å². The van der Waals surface area contributed by atoms with Crippen LogP contribution in [0.2, 0.25) is 0 Å². The van der Waals surface area contributed by atoms with E-state index in [2.05, 4.69) is 15.0 Å². The van der Waals surface area contributed by atoms with Gasteiger partial charge in [0.25, 0.3) is 11.5 Å². The van der Waals surface area contributed by atoms with Gasteiger partial charge in [-0.15, -0.1) is 0 Å². The van der Waals surface area contributed by atoms with Crippen molar-refractivity contribution in [3.05, 3.63) is 57.4 Å². The van der Waals surface area contributed by atoms with Gasteiger partial charge in [0.05, 0.1) is 10.9 Å². The number of aromatic nitrogens is 4. The summed E-state index contributed by atoms with van der Waals surface area (Å²) < 4.78 is 42.8. The van der Waals surface area contributed by atoms with Crippen LogP contribution < -0.4 is 11.3 Å². The fraction of sp³-hybridized carbons (Fsp3) is 0.381. The molecular formula is C21H21F3N6O2. The molecule has 2 N–H and O–H groups in total. The van der Waals surface area contributed by atoms with E-state index in [0.29, 0.717) is 19.4 Å².